The van der Waals surface area contributed by atoms with E-state index in [9.17, 15) is 8.42 Å². The van der Waals surface area contributed by atoms with Gasteiger partial charge in [-0.2, -0.15) is 8.42 Å². The molecule has 0 aliphatic heterocycles. The zero-order valence-corrected chi connectivity index (χ0v) is 9.36. The number of hydrogen-bond donors (Lipinski definition) is 2. The van der Waals surface area contributed by atoms with Gasteiger partial charge in [0, 0.05) is 3.57 Å². The average molecular weight is 314 g/mol. The van der Waals surface area contributed by atoms with Gasteiger partial charge in [0.1, 0.15) is 0 Å². The predicted octanol–water partition coefficient (Wildman–Crippen LogP) is 1.17. The van der Waals surface area contributed by atoms with Crippen LogP contribution in [0.15, 0.2) is 24.3 Å². The van der Waals surface area contributed by atoms with E-state index in [1.807, 2.05) is 22.6 Å². The molecule has 4 nitrogen and oxygen atoms in total. The zero-order chi connectivity index (χ0) is 10.1. The maximum Gasteiger partial charge on any atom is 0.296 e. The van der Waals surface area contributed by atoms with Crippen LogP contribution in [-0.2, 0) is 10.1 Å². The molecule has 0 fully saturated rings. The highest BCUT2D eigenvalue weighted by molar-refractivity contribution is 14.1. The molecular formula is C7H7IO4S. The lowest BCUT2D eigenvalue weighted by Crippen LogP contribution is -2.11. The highest BCUT2D eigenvalue weighted by atomic mass is 127. The molecule has 0 saturated carbocycles. The molecule has 0 spiro atoms. The maximum atomic E-state index is 10.5. The first-order valence-corrected chi connectivity index (χ1v) is 5.89. The van der Waals surface area contributed by atoms with E-state index in [4.69, 9.17) is 9.66 Å². The highest BCUT2D eigenvalue weighted by Gasteiger charge is 2.21. The monoisotopic (exact) mass is 314 g/mol. The average Bonchev–Trinajstić information content (AvgIpc) is 2.01. The van der Waals surface area contributed by atoms with Gasteiger partial charge in [-0.3, -0.25) is 4.55 Å². The first-order valence-electron chi connectivity index (χ1n) is 3.31. The third-order valence-corrected chi connectivity index (χ3v) is 2.92. The van der Waals surface area contributed by atoms with Crippen LogP contribution in [0.5, 0.6) is 0 Å². The van der Waals surface area contributed by atoms with E-state index in [2.05, 4.69) is 0 Å². The minimum atomic E-state index is -4.42. The van der Waals surface area contributed by atoms with Crippen LogP contribution < -0.4 is 0 Å². The van der Waals surface area contributed by atoms with Crippen LogP contribution in [0.4, 0.5) is 0 Å². The van der Waals surface area contributed by atoms with Crippen molar-refractivity contribution in [3.63, 3.8) is 0 Å². The van der Waals surface area contributed by atoms with E-state index >= 15 is 0 Å². The fourth-order valence-corrected chi connectivity index (χ4v) is 1.89. The standard InChI is InChI=1S/C7H7IO4S/c8-6-3-1-2-5(4-6)7(9)13(10,11)12/h1-4,7,9H,(H,10,11,12)/t7-/m0/s1. The van der Waals surface area contributed by atoms with Gasteiger partial charge < -0.3 is 5.11 Å². The van der Waals surface area contributed by atoms with Crippen LogP contribution in [0.25, 0.3) is 0 Å². The van der Waals surface area contributed by atoms with Gasteiger partial charge >= 0.3 is 0 Å². The Morgan fingerprint density at radius 3 is 2.46 bits per heavy atom. The molecule has 72 valence electrons. The van der Waals surface area contributed by atoms with Crippen molar-refractivity contribution < 1.29 is 18.1 Å². The summed E-state index contributed by atoms with van der Waals surface area (Å²) < 4.78 is 30.4. The SMILES string of the molecule is O=S(=O)(O)[C@H](O)c1cccc(I)c1. The van der Waals surface area contributed by atoms with Crippen molar-refractivity contribution in [3.8, 4) is 0 Å². The molecule has 0 unspecified atom stereocenters. The van der Waals surface area contributed by atoms with E-state index in [1.165, 1.54) is 12.1 Å². The molecule has 1 aromatic carbocycles. The Labute approximate surface area is 89.5 Å². The van der Waals surface area contributed by atoms with Gasteiger partial charge in [0.2, 0.25) is 5.44 Å². The second-order valence-electron chi connectivity index (χ2n) is 2.42. The fraction of sp³-hybridized carbons (Fsp3) is 0.143. The van der Waals surface area contributed by atoms with Gasteiger partial charge in [-0.25, -0.2) is 0 Å². The highest BCUT2D eigenvalue weighted by Crippen LogP contribution is 2.19. The van der Waals surface area contributed by atoms with Gasteiger partial charge in [-0.05, 0) is 40.3 Å². The van der Waals surface area contributed by atoms with E-state index in [0.717, 1.165) is 3.57 Å². The van der Waals surface area contributed by atoms with Crippen molar-refractivity contribution in [3.05, 3.63) is 33.4 Å². The molecule has 0 aliphatic rings. The van der Waals surface area contributed by atoms with E-state index < -0.39 is 15.6 Å². The molecule has 13 heavy (non-hydrogen) atoms. The molecule has 0 aliphatic carbocycles. The molecule has 0 saturated heterocycles. The Hall–Kier alpha value is -0.180. The lowest BCUT2D eigenvalue weighted by molar-refractivity contribution is 0.238. The van der Waals surface area contributed by atoms with Crippen LogP contribution in [0.1, 0.15) is 11.0 Å². The minimum absolute atomic E-state index is 0.161. The van der Waals surface area contributed by atoms with Crippen molar-refractivity contribution in [1.29, 1.82) is 0 Å². The molecule has 0 aromatic heterocycles. The molecule has 0 radical (unpaired) electrons. The normalized spacial score (nSPS) is 14.1. The number of aliphatic hydroxyl groups is 1. The molecule has 6 heteroatoms. The second-order valence-corrected chi connectivity index (χ2v) is 5.14. The van der Waals surface area contributed by atoms with Crippen LogP contribution in [0.2, 0.25) is 0 Å². The number of benzene rings is 1. The van der Waals surface area contributed by atoms with Gasteiger partial charge in [-0.1, -0.05) is 12.1 Å². The summed E-state index contributed by atoms with van der Waals surface area (Å²) >= 11 is 1.98. The number of rotatable bonds is 2. The summed E-state index contributed by atoms with van der Waals surface area (Å²) in [6.45, 7) is 0. The first kappa shape index (κ1) is 10.9. The fourth-order valence-electron chi connectivity index (χ4n) is 0.832. The molecule has 2 N–H and O–H groups in total. The Morgan fingerprint density at radius 1 is 1.38 bits per heavy atom. The maximum absolute atomic E-state index is 10.5. The summed E-state index contributed by atoms with van der Waals surface area (Å²) in [6.07, 6.45) is 0. The molecule has 0 amide bonds. The molecule has 1 atom stereocenters. The number of halogens is 1. The van der Waals surface area contributed by atoms with Crippen molar-refractivity contribution >= 4 is 32.7 Å². The van der Waals surface area contributed by atoms with Crippen molar-refractivity contribution in [2.45, 2.75) is 5.44 Å². The van der Waals surface area contributed by atoms with Crippen molar-refractivity contribution in [2.75, 3.05) is 0 Å². The Balaban J connectivity index is 3.10. The molecule has 0 bridgehead atoms. The summed E-state index contributed by atoms with van der Waals surface area (Å²) in [6, 6.07) is 6.27. The summed E-state index contributed by atoms with van der Waals surface area (Å²) in [5.41, 5.74) is -1.70. The minimum Gasteiger partial charge on any atom is -0.371 e. The van der Waals surface area contributed by atoms with Gasteiger partial charge in [-0.15, -0.1) is 0 Å². The topological polar surface area (TPSA) is 74.6 Å². The Morgan fingerprint density at radius 2 is 2.00 bits per heavy atom. The van der Waals surface area contributed by atoms with Crippen LogP contribution in [0, 0.1) is 3.57 Å². The second kappa shape index (κ2) is 3.91. The van der Waals surface area contributed by atoms with Crippen LogP contribution in [-0.4, -0.2) is 18.1 Å². The molecule has 1 rings (SSSR count). The van der Waals surface area contributed by atoms with Crippen LogP contribution >= 0.6 is 22.6 Å². The largest absolute Gasteiger partial charge is 0.371 e. The van der Waals surface area contributed by atoms with Gasteiger partial charge in [0.25, 0.3) is 10.1 Å². The first-order chi connectivity index (χ1) is 5.91. The predicted molar refractivity (Wildman–Crippen MR) is 55.7 cm³/mol. The third-order valence-electron chi connectivity index (χ3n) is 1.42. The molecule has 1 aromatic rings. The third kappa shape index (κ3) is 2.90. The quantitative estimate of drug-likeness (QED) is 0.635. The van der Waals surface area contributed by atoms with E-state index in [-0.39, 0.29) is 5.56 Å². The Kier molecular flexibility index (Phi) is 3.28. The van der Waals surface area contributed by atoms with Crippen molar-refractivity contribution in [2.24, 2.45) is 0 Å². The van der Waals surface area contributed by atoms with Crippen molar-refractivity contribution in [1.82, 2.24) is 0 Å². The lowest BCUT2D eigenvalue weighted by atomic mass is 10.2. The Bertz CT molecular complexity index is 401. The smallest absolute Gasteiger partial charge is 0.296 e. The van der Waals surface area contributed by atoms with Gasteiger partial charge in [0.05, 0.1) is 0 Å². The van der Waals surface area contributed by atoms with E-state index in [0.29, 0.717) is 0 Å². The van der Waals surface area contributed by atoms with E-state index in [1.54, 1.807) is 12.1 Å². The van der Waals surface area contributed by atoms with Crippen LogP contribution in [0.3, 0.4) is 0 Å². The zero-order valence-electron chi connectivity index (χ0n) is 6.38. The summed E-state index contributed by atoms with van der Waals surface area (Å²) in [5, 5.41) is 9.14. The lowest BCUT2D eigenvalue weighted by Gasteiger charge is -2.06. The molecular weight excluding hydrogens is 307 g/mol. The molecule has 0 heterocycles. The summed E-state index contributed by atoms with van der Waals surface area (Å²) in [5.74, 6) is 0. The summed E-state index contributed by atoms with van der Waals surface area (Å²) in [4.78, 5) is 0. The summed E-state index contributed by atoms with van der Waals surface area (Å²) in [7, 11) is -4.42. The van der Waals surface area contributed by atoms with Gasteiger partial charge in [0.15, 0.2) is 0 Å². The number of hydrogen-bond acceptors (Lipinski definition) is 3. The number of aliphatic hydroxyl groups excluding tert-OH is 1.